The number of hydrogen-bond acceptors (Lipinski definition) is 3. The molecule has 71 valence electrons. The highest BCUT2D eigenvalue weighted by Crippen LogP contribution is 2.10. The van der Waals surface area contributed by atoms with Gasteiger partial charge < -0.3 is 15.1 Å². The molecule has 0 aromatic heterocycles. The molecule has 2 aliphatic rings. The number of nitrogens with one attached hydrogen (secondary N) is 1. The fourth-order valence-corrected chi connectivity index (χ4v) is 1.66. The molecular formula is C10H16N3. The van der Waals surface area contributed by atoms with Gasteiger partial charge in [-0.05, 0) is 12.2 Å². The van der Waals surface area contributed by atoms with E-state index < -0.39 is 0 Å². The van der Waals surface area contributed by atoms with E-state index in [0.29, 0.717) is 0 Å². The zero-order valence-electron chi connectivity index (χ0n) is 8.08. The Bertz CT molecular complexity index is 226. The van der Waals surface area contributed by atoms with Crippen molar-refractivity contribution in [3.63, 3.8) is 0 Å². The van der Waals surface area contributed by atoms with E-state index in [1.165, 1.54) is 5.70 Å². The summed E-state index contributed by atoms with van der Waals surface area (Å²) in [5.41, 5.74) is 1.33. The van der Waals surface area contributed by atoms with Gasteiger partial charge >= 0.3 is 0 Å². The smallest absolute Gasteiger partial charge is 0.0625 e. The average molecular weight is 178 g/mol. The average Bonchev–Trinajstić information content (AvgIpc) is 2.20. The van der Waals surface area contributed by atoms with Crippen LogP contribution in [-0.2, 0) is 0 Å². The lowest BCUT2D eigenvalue weighted by Gasteiger charge is -2.32. The summed E-state index contributed by atoms with van der Waals surface area (Å²) >= 11 is 0. The lowest BCUT2D eigenvalue weighted by molar-refractivity contribution is 0.301. The van der Waals surface area contributed by atoms with Crippen molar-refractivity contribution in [2.24, 2.45) is 0 Å². The Morgan fingerprint density at radius 2 is 2.15 bits per heavy atom. The molecule has 0 amide bonds. The van der Waals surface area contributed by atoms with Crippen LogP contribution in [0, 0.1) is 6.20 Å². The molecule has 1 radical (unpaired) electrons. The van der Waals surface area contributed by atoms with Crippen LogP contribution in [0.5, 0.6) is 0 Å². The molecule has 1 fully saturated rings. The molecule has 0 atom stereocenters. The summed E-state index contributed by atoms with van der Waals surface area (Å²) in [5.74, 6) is 0. The highest BCUT2D eigenvalue weighted by Gasteiger charge is 2.12. The van der Waals surface area contributed by atoms with Crippen molar-refractivity contribution in [2.75, 3.05) is 39.8 Å². The molecule has 0 saturated carbocycles. The van der Waals surface area contributed by atoms with Gasteiger partial charge in [0.05, 0.1) is 6.20 Å². The molecule has 1 N–H and O–H groups in total. The second kappa shape index (κ2) is 3.83. The molecule has 2 heterocycles. The van der Waals surface area contributed by atoms with Gasteiger partial charge in [0.25, 0.3) is 0 Å². The Balaban J connectivity index is 1.96. The van der Waals surface area contributed by atoms with E-state index in [2.05, 4.69) is 33.5 Å². The van der Waals surface area contributed by atoms with Crippen molar-refractivity contribution in [3.8, 4) is 0 Å². The maximum absolute atomic E-state index is 3.35. The van der Waals surface area contributed by atoms with Gasteiger partial charge in [-0.1, -0.05) is 0 Å². The number of hydrogen-bond donors (Lipinski definition) is 1. The quantitative estimate of drug-likeness (QED) is 0.611. The molecule has 2 aliphatic heterocycles. The Hall–Kier alpha value is -0.960. The molecule has 0 spiro atoms. The third kappa shape index (κ3) is 2.04. The van der Waals surface area contributed by atoms with Crippen LogP contribution in [0.2, 0.25) is 0 Å². The summed E-state index contributed by atoms with van der Waals surface area (Å²) < 4.78 is 0. The highest BCUT2D eigenvalue weighted by molar-refractivity contribution is 5.19. The van der Waals surface area contributed by atoms with Crippen molar-refractivity contribution in [2.45, 2.75) is 0 Å². The minimum Gasteiger partial charge on any atom is -0.369 e. The van der Waals surface area contributed by atoms with Gasteiger partial charge in [0.15, 0.2) is 0 Å². The lowest BCUT2D eigenvalue weighted by Crippen LogP contribution is -2.43. The Kier molecular flexibility index (Phi) is 2.54. The van der Waals surface area contributed by atoms with Gasteiger partial charge in [-0.3, -0.25) is 0 Å². The third-order valence-corrected chi connectivity index (χ3v) is 2.49. The van der Waals surface area contributed by atoms with Gasteiger partial charge in [-0.15, -0.1) is 0 Å². The van der Waals surface area contributed by atoms with Crippen LogP contribution in [0.3, 0.4) is 0 Å². The molecule has 0 aromatic carbocycles. The first-order valence-corrected chi connectivity index (χ1v) is 4.82. The predicted molar refractivity (Wildman–Crippen MR) is 53.0 cm³/mol. The molecule has 3 heteroatoms. The zero-order chi connectivity index (χ0) is 9.10. The van der Waals surface area contributed by atoms with Crippen LogP contribution >= 0.6 is 0 Å². The molecule has 0 aromatic rings. The van der Waals surface area contributed by atoms with Crippen LogP contribution in [0.1, 0.15) is 0 Å². The summed E-state index contributed by atoms with van der Waals surface area (Å²) in [6.07, 6.45) is 7.55. The van der Waals surface area contributed by atoms with Gasteiger partial charge in [0, 0.05) is 45.5 Å². The largest absolute Gasteiger partial charge is 0.369 e. The number of allylic oxidation sites excluding steroid dienone is 1. The zero-order valence-corrected chi connectivity index (χ0v) is 8.08. The molecule has 0 bridgehead atoms. The normalized spacial score (nSPS) is 23.3. The minimum atomic E-state index is 0.982. The predicted octanol–water partition coefficient (Wildman–Crippen LogP) is 0.0378. The van der Waals surface area contributed by atoms with E-state index in [4.69, 9.17) is 0 Å². The summed E-state index contributed by atoms with van der Waals surface area (Å²) in [7, 11) is 2.04. The fourth-order valence-electron chi connectivity index (χ4n) is 1.66. The van der Waals surface area contributed by atoms with Gasteiger partial charge in [0.1, 0.15) is 0 Å². The highest BCUT2D eigenvalue weighted by atomic mass is 15.2. The van der Waals surface area contributed by atoms with Gasteiger partial charge in [0.2, 0.25) is 0 Å². The van der Waals surface area contributed by atoms with Crippen LogP contribution in [0.4, 0.5) is 0 Å². The summed E-state index contributed by atoms with van der Waals surface area (Å²) in [5, 5.41) is 3.35. The Morgan fingerprint density at radius 3 is 2.77 bits per heavy atom. The second-order valence-electron chi connectivity index (χ2n) is 3.52. The number of piperazine rings is 1. The Morgan fingerprint density at radius 1 is 1.38 bits per heavy atom. The topological polar surface area (TPSA) is 18.5 Å². The van der Waals surface area contributed by atoms with E-state index in [1.54, 1.807) is 0 Å². The van der Waals surface area contributed by atoms with Crippen LogP contribution < -0.4 is 5.32 Å². The first kappa shape index (κ1) is 8.63. The summed E-state index contributed by atoms with van der Waals surface area (Å²) in [4.78, 5) is 4.47. The lowest BCUT2D eigenvalue weighted by atomic mass is 10.2. The second-order valence-corrected chi connectivity index (χ2v) is 3.52. The molecule has 2 rings (SSSR count). The van der Waals surface area contributed by atoms with Crippen LogP contribution in [-0.4, -0.2) is 49.6 Å². The standard InChI is InChI=1S/C10H16N3/c1-12-6-2-10(3-7-12)13-8-4-11-5-9-13/h2-3,11H,4-6,8-9H2,1H3. The maximum Gasteiger partial charge on any atom is 0.0625 e. The third-order valence-electron chi connectivity index (χ3n) is 2.49. The molecule has 3 nitrogen and oxygen atoms in total. The van der Waals surface area contributed by atoms with E-state index in [9.17, 15) is 0 Å². The van der Waals surface area contributed by atoms with E-state index in [1.807, 2.05) is 7.05 Å². The monoisotopic (exact) mass is 178 g/mol. The minimum absolute atomic E-state index is 0.982. The Labute approximate surface area is 79.7 Å². The first-order chi connectivity index (χ1) is 6.36. The van der Waals surface area contributed by atoms with Crippen molar-refractivity contribution in [1.82, 2.24) is 15.1 Å². The molecule has 1 saturated heterocycles. The van der Waals surface area contributed by atoms with E-state index >= 15 is 0 Å². The SMILES string of the molecule is CN1[C]=CC(N2CCNCC2)=CC1. The molecule has 0 unspecified atom stereocenters. The van der Waals surface area contributed by atoms with Gasteiger partial charge in [-0.25, -0.2) is 0 Å². The van der Waals surface area contributed by atoms with Crippen molar-refractivity contribution >= 4 is 0 Å². The summed E-state index contributed by atoms with van der Waals surface area (Å²) in [6.45, 7) is 5.42. The number of likely N-dealkylation sites (N-methyl/N-ethyl adjacent to an activating group) is 1. The summed E-state index contributed by atoms with van der Waals surface area (Å²) in [6, 6.07) is 0. The van der Waals surface area contributed by atoms with Crippen molar-refractivity contribution in [3.05, 3.63) is 24.0 Å². The first-order valence-electron chi connectivity index (χ1n) is 4.82. The van der Waals surface area contributed by atoms with E-state index in [-0.39, 0.29) is 0 Å². The molecular weight excluding hydrogens is 162 g/mol. The van der Waals surface area contributed by atoms with Gasteiger partial charge in [-0.2, -0.15) is 0 Å². The molecule has 0 aliphatic carbocycles. The van der Waals surface area contributed by atoms with Crippen LogP contribution in [0.25, 0.3) is 0 Å². The van der Waals surface area contributed by atoms with Crippen molar-refractivity contribution < 1.29 is 0 Å². The van der Waals surface area contributed by atoms with Crippen molar-refractivity contribution in [1.29, 1.82) is 0 Å². The maximum atomic E-state index is 3.35. The number of nitrogens with zero attached hydrogens (tertiary/aromatic N) is 2. The van der Waals surface area contributed by atoms with Crippen LogP contribution in [0.15, 0.2) is 17.8 Å². The molecule has 13 heavy (non-hydrogen) atoms. The van der Waals surface area contributed by atoms with E-state index in [0.717, 1.165) is 32.7 Å². The number of rotatable bonds is 1. The fraction of sp³-hybridized carbons (Fsp3) is 0.600.